The van der Waals surface area contributed by atoms with Gasteiger partial charge in [-0.05, 0) is 24.3 Å². The van der Waals surface area contributed by atoms with Gasteiger partial charge in [0.25, 0.3) is 5.56 Å². The molecular weight excluding hydrogens is 268 g/mol. The number of hydrogen-bond acceptors (Lipinski definition) is 5. The number of fused-ring (bicyclic) bond motifs is 1. The van der Waals surface area contributed by atoms with Gasteiger partial charge in [-0.25, -0.2) is 4.98 Å². The maximum atomic E-state index is 12.4. The molecule has 0 saturated heterocycles. The first-order chi connectivity index (χ1) is 10.3. The van der Waals surface area contributed by atoms with Gasteiger partial charge in [-0.15, -0.1) is 0 Å². The Labute approximate surface area is 120 Å². The second-order valence-corrected chi connectivity index (χ2v) is 4.34. The second-order valence-electron chi connectivity index (χ2n) is 4.34. The van der Waals surface area contributed by atoms with Crippen LogP contribution in [-0.4, -0.2) is 20.8 Å². The summed E-state index contributed by atoms with van der Waals surface area (Å²) in [5.74, 6) is 0.343. The molecule has 2 heterocycles. The molecule has 0 aliphatic carbocycles. The predicted molar refractivity (Wildman–Crippen MR) is 80.6 cm³/mol. The number of rotatable bonds is 3. The number of anilines is 2. The summed E-state index contributed by atoms with van der Waals surface area (Å²) in [4.78, 5) is 16.8. The Balaban J connectivity index is 2.20. The van der Waals surface area contributed by atoms with E-state index in [1.54, 1.807) is 24.4 Å². The minimum Gasteiger partial charge on any atom is -0.411 e. The molecule has 104 valence electrons. The maximum Gasteiger partial charge on any atom is 0.269 e. The number of aromatic nitrogens is 2. The number of hydrogen-bond donors (Lipinski definition) is 2. The van der Waals surface area contributed by atoms with Gasteiger partial charge in [-0.3, -0.25) is 9.20 Å². The molecule has 3 rings (SSSR count). The first-order valence-corrected chi connectivity index (χ1v) is 6.30. The van der Waals surface area contributed by atoms with Gasteiger partial charge in [0.15, 0.2) is 0 Å². The highest BCUT2D eigenvalue weighted by molar-refractivity contribution is 5.87. The zero-order valence-electron chi connectivity index (χ0n) is 11.0. The van der Waals surface area contributed by atoms with E-state index < -0.39 is 0 Å². The van der Waals surface area contributed by atoms with E-state index in [1.165, 1.54) is 4.40 Å². The van der Waals surface area contributed by atoms with E-state index in [0.29, 0.717) is 11.5 Å². The molecule has 0 radical (unpaired) electrons. The molecule has 3 aromatic rings. The molecule has 2 N–H and O–H groups in total. The van der Waals surface area contributed by atoms with Crippen LogP contribution < -0.4 is 10.9 Å². The summed E-state index contributed by atoms with van der Waals surface area (Å²) in [7, 11) is 0. The molecule has 6 nitrogen and oxygen atoms in total. The Morgan fingerprint density at radius 2 is 1.90 bits per heavy atom. The van der Waals surface area contributed by atoms with Gasteiger partial charge in [0.2, 0.25) is 0 Å². The normalized spacial score (nSPS) is 11.0. The topological polar surface area (TPSA) is 79.0 Å². The van der Waals surface area contributed by atoms with Crippen LogP contribution in [0, 0.1) is 0 Å². The van der Waals surface area contributed by atoms with Crippen molar-refractivity contribution in [3.05, 3.63) is 70.6 Å². The summed E-state index contributed by atoms with van der Waals surface area (Å²) in [6, 6.07) is 14.6. The quantitative estimate of drug-likeness (QED) is 0.438. The molecule has 0 spiro atoms. The average molecular weight is 280 g/mol. The van der Waals surface area contributed by atoms with E-state index >= 15 is 0 Å². The third-order valence-electron chi connectivity index (χ3n) is 2.99. The van der Waals surface area contributed by atoms with Crippen molar-refractivity contribution in [1.82, 2.24) is 9.38 Å². The van der Waals surface area contributed by atoms with Crippen LogP contribution >= 0.6 is 0 Å². The predicted octanol–water partition coefficient (Wildman–Crippen LogP) is 2.25. The largest absolute Gasteiger partial charge is 0.411 e. The van der Waals surface area contributed by atoms with Gasteiger partial charge >= 0.3 is 0 Å². The molecular formula is C15H12N4O2. The summed E-state index contributed by atoms with van der Waals surface area (Å²) in [6.45, 7) is 0. The van der Waals surface area contributed by atoms with E-state index in [-0.39, 0.29) is 11.1 Å². The number of pyridine rings is 1. The highest BCUT2D eigenvalue weighted by Gasteiger charge is 2.11. The monoisotopic (exact) mass is 280 g/mol. The number of nitrogens with zero attached hydrogens (tertiary/aromatic N) is 3. The van der Waals surface area contributed by atoms with Gasteiger partial charge in [-0.2, -0.15) is 0 Å². The highest BCUT2D eigenvalue weighted by atomic mass is 16.4. The van der Waals surface area contributed by atoms with Gasteiger partial charge in [0, 0.05) is 11.9 Å². The van der Waals surface area contributed by atoms with E-state index in [9.17, 15) is 4.79 Å². The molecule has 21 heavy (non-hydrogen) atoms. The fourth-order valence-corrected chi connectivity index (χ4v) is 2.03. The average Bonchev–Trinajstić information content (AvgIpc) is 2.52. The summed E-state index contributed by atoms with van der Waals surface area (Å²) in [5.41, 5.74) is 1.18. The van der Waals surface area contributed by atoms with Crippen molar-refractivity contribution in [3.8, 4) is 0 Å². The van der Waals surface area contributed by atoms with Gasteiger partial charge in [0.1, 0.15) is 17.0 Å². The number of nitrogens with one attached hydrogen (secondary N) is 1. The lowest BCUT2D eigenvalue weighted by Crippen LogP contribution is -2.21. The Hall–Kier alpha value is -3.15. The fraction of sp³-hybridized carbons (Fsp3) is 0. The third kappa shape index (κ3) is 2.46. The molecule has 0 saturated carbocycles. The molecule has 2 aromatic heterocycles. The molecule has 0 aliphatic heterocycles. The lowest BCUT2D eigenvalue weighted by molar-refractivity contribution is 0.322. The van der Waals surface area contributed by atoms with Crippen molar-refractivity contribution in [1.29, 1.82) is 0 Å². The maximum absolute atomic E-state index is 12.4. The van der Waals surface area contributed by atoms with Gasteiger partial charge in [-0.1, -0.05) is 29.4 Å². The van der Waals surface area contributed by atoms with Gasteiger partial charge in [0.05, 0.1) is 6.21 Å². The Kier molecular flexibility index (Phi) is 3.34. The zero-order valence-corrected chi connectivity index (χ0v) is 11.0. The van der Waals surface area contributed by atoms with Crippen LogP contribution in [0.3, 0.4) is 0 Å². The lowest BCUT2D eigenvalue weighted by atomic mass is 10.2. The minimum absolute atomic E-state index is 0.185. The molecule has 0 fully saturated rings. The molecule has 1 aromatic carbocycles. The van der Waals surface area contributed by atoms with Gasteiger partial charge < -0.3 is 10.5 Å². The van der Waals surface area contributed by atoms with Crippen molar-refractivity contribution in [3.63, 3.8) is 0 Å². The van der Waals surface area contributed by atoms with Crippen molar-refractivity contribution < 1.29 is 5.21 Å². The number of oxime groups is 1. The SMILES string of the molecule is O=c1c(/C=N/O)c(Nc2ccccc2)nc2ccccn12. The van der Waals surface area contributed by atoms with Crippen LogP contribution in [0.5, 0.6) is 0 Å². The molecule has 0 aliphatic rings. The second kappa shape index (κ2) is 5.46. The van der Waals surface area contributed by atoms with Crippen molar-refractivity contribution in [2.24, 2.45) is 5.16 Å². The highest BCUT2D eigenvalue weighted by Crippen LogP contribution is 2.16. The smallest absolute Gasteiger partial charge is 0.269 e. The lowest BCUT2D eigenvalue weighted by Gasteiger charge is -2.09. The Morgan fingerprint density at radius 3 is 2.67 bits per heavy atom. The summed E-state index contributed by atoms with van der Waals surface area (Å²) in [6.07, 6.45) is 2.70. The summed E-state index contributed by atoms with van der Waals surface area (Å²) in [5, 5.41) is 14.8. The van der Waals surface area contributed by atoms with Crippen molar-refractivity contribution in [2.75, 3.05) is 5.32 Å². The van der Waals surface area contributed by atoms with E-state index in [4.69, 9.17) is 5.21 Å². The van der Waals surface area contributed by atoms with Crippen LogP contribution in [0.1, 0.15) is 5.56 Å². The molecule has 6 heteroatoms. The molecule has 0 unspecified atom stereocenters. The minimum atomic E-state index is -0.308. The van der Waals surface area contributed by atoms with Crippen LogP contribution in [0.2, 0.25) is 0 Å². The van der Waals surface area contributed by atoms with E-state index in [1.807, 2.05) is 30.3 Å². The van der Waals surface area contributed by atoms with E-state index in [2.05, 4.69) is 15.5 Å². The van der Waals surface area contributed by atoms with Crippen LogP contribution in [0.25, 0.3) is 5.65 Å². The first-order valence-electron chi connectivity index (χ1n) is 6.30. The van der Waals surface area contributed by atoms with Crippen molar-refractivity contribution in [2.45, 2.75) is 0 Å². The van der Waals surface area contributed by atoms with Crippen LogP contribution in [0.15, 0.2) is 64.7 Å². The molecule has 0 amide bonds. The summed E-state index contributed by atoms with van der Waals surface area (Å²) >= 11 is 0. The summed E-state index contributed by atoms with van der Waals surface area (Å²) < 4.78 is 1.40. The zero-order chi connectivity index (χ0) is 14.7. The standard InChI is InChI=1S/C15H12N4O2/c20-15-12(10-16-21)14(17-11-6-2-1-3-7-11)18-13-8-4-5-9-19(13)15/h1-10,17,21H/b16-10+. The van der Waals surface area contributed by atoms with E-state index in [0.717, 1.165) is 11.9 Å². The van der Waals surface area contributed by atoms with Crippen LogP contribution in [0.4, 0.5) is 11.5 Å². The fourth-order valence-electron chi connectivity index (χ4n) is 2.03. The molecule has 0 atom stereocenters. The third-order valence-corrected chi connectivity index (χ3v) is 2.99. The van der Waals surface area contributed by atoms with Crippen LogP contribution in [-0.2, 0) is 0 Å². The number of benzene rings is 1. The molecule has 0 bridgehead atoms. The van der Waals surface area contributed by atoms with Crippen molar-refractivity contribution >= 4 is 23.4 Å². The first kappa shape index (κ1) is 12.9. The Morgan fingerprint density at radius 1 is 1.14 bits per heavy atom. The number of para-hydroxylation sites is 1. The Bertz CT molecular complexity index is 856.